The second kappa shape index (κ2) is 12.3. The number of hydrogen-bond donors (Lipinski definition) is 1. The summed E-state index contributed by atoms with van der Waals surface area (Å²) in [5.41, 5.74) is 3.44. The molecule has 1 saturated heterocycles. The van der Waals surface area contributed by atoms with E-state index in [1.165, 1.54) is 0 Å². The minimum atomic E-state index is -0.699. The van der Waals surface area contributed by atoms with E-state index in [-0.39, 0.29) is 24.6 Å². The molecule has 0 amide bonds. The van der Waals surface area contributed by atoms with Crippen LogP contribution in [0.5, 0.6) is 0 Å². The largest absolute Gasteiger partial charge is 0.480 e. The summed E-state index contributed by atoms with van der Waals surface area (Å²) in [6.45, 7) is 4.22. The third kappa shape index (κ3) is 6.71. The summed E-state index contributed by atoms with van der Waals surface area (Å²) in [5.74, 6) is -0.699. The Hall–Kier alpha value is -1.59. The Labute approximate surface area is 190 Å². The van der Waals surface area contributed by atoms with Crippen LogP contribution >= 0.6 is 24.0 Å². The predicted molar refractivity (Wildman–Crippen MR) is 124 cm³/mol. The molecule has 0 bridgehead atoms. The lowest BCUT2D eigenvalue weighted by molar-refractivity contribution is -0.145. The van der Waals surface area contributed by atoms with Crippen LogP contribution in [0.2, 0.25) is 5.02 Å². The molecule has 0 aromatic heterocycles. The van der Waals surface area contributed by atoms with Gasteiger partial charge in [0.2, 0.25) is 0 Å². The zero-order chi connectivity index (χ0) is 20.6. The van der Waals surface area contributed by atoms with Crippen molar-refractivity contribution in [1.82, 2.24) is 4.90 Å². The van der Waals surface area contributed by atoms with E-state index in [0.29, 0.717) is 6.61 Å². The monoisotopic (exact) mass is 451 g/mol. The number of aliphatic carboxylic acids is 1. The number of carbonyl (C=O) groups is 1. The Morgan fingerprint density at radius 3 is 2.47 bits per heavy atom. The van der Waals surface area contributed by atoms with Gasteiger partial charge in [0, 0.05) is 18.1 Å². The molecule has 0 radical (unpaired) electrons. The zero-order valence-corrected chi connectivity index (χ0v) is 19.0. The Balaban J connectivity index is 0.00000320. The SMILES string of the molecule is CCCCC(C(=O)O)N1CCC(OCc2ccccc2-c2ccc(Cl)cc2)CC1.Cl. The molecule has 0 spiro atoms. The molecule has 0 saturated carbocycles. The van der Waals surface area contributed by atoms with Crippen molar-refractivity contribution in [3.63, 3.8) is 0 Å². The average molecular weight is 452 g/mol. The maximum Gasteiger partial charge on any atom is 0.320 e. The number of likely N-dealkylation sites (tertiary alicyclic amines) is 1. The van der Waals surface area contributed by atoms with E-state index in [9.17, 15) is 9.90 Å². The summed E-state index contributed by atoms with van der Waals surface area (Å²) >= 11 is 6.02. The molecule has 6 heteroatoms. The van der Waals surface area contributed by atoms with E-state index in [1.54, 1.807) is 0 Å². The maximum absolute atomic E-state index is 11.6. The van der Waals surface area contributed by atoms with Crippen molar-refractivity contribution in [1.29, 1.82) is 0 Å². The first-order valence-corrected chi connectivity index (χ1v) is 10.9. The van der Waals surface area contributed by atoms with Gasteiger partial charge in [0.05, 0.1) is 12.7 Å². The van der Waals surface area contributed by atoms with Crippen molar-refractivity contribution in [3.8, 4) is 11.1 Å². The second-order valence-corrected chi connectivity index (χ2v) is 8.14. The van der Waals surface area contributed by atoms with Gasteiger partial charge in [-0.15, -0.1) is 12.4 Å². The molecule has 1 aliphatic heterocycles. The molecule has 30 heavy (non-hydrogen) atoms. The van der Waals surface area contributed by atoms with Crippen LogP contribution in [0, 0.1) is 0 Å². The number of nitrogens with zero attached hydrogens (tertiary/aromatic N) is 1. The van der Waals surface area contributed by atoms with Gasteiger partial charge in [-0.3, -0.25) is 9.69 Å². The van der Waals surface area contributed by atoms with E-state index in [2.05, 4.69) is 24.0 Å². The van der Waals surface area contributed by atoms with Crippen molar-refractivity contribution < 1.29 is 14.6 Å². The summed E-state index contributed by atoms with van der Waals surface area (Å²) in [6.07, 6.45) is 4.62. The van der Waals surface area contributed by atoms with Gasteiger partial charge in [0.1, 0.15) is 6.04 Å². The Kier molecular flexibility index (Phi) is 10.1. The molecule has 1 heterocycles. The van der Waals surface area contributed by atoms with Crippen LogP contribution in [0.15, 0.2) is 48.5 Å². The number of piperidine rings is 1. The van der Waals surface area contributed by atoms with E-state index < -0.39 is 5.97 Å². The van der Waals surface area contributed by atoms with E-state index >= 15 is 0 Å². The Morgan fingerprint density at radius 1 is 1.17 bits per heavy atom. The number of carboxylic acid groups (broad SMARTS) is 1. The molecule has 3 rings (SSSR count). The fourth-order valence-corrected chi connectivity index (χ4v) is 4.10. The maximum atomic E-state index is 11.6. The Bertz CT molecular complexity index is 789. The fraction of sp³-hybridized carbons (Fsp3) is 0.458. The summed E-state index contributed by atoms with van der Waals surface area (Å²) in [4.78, 5) is 13.7. The topological polar surface area (TPSA) is 49.8 Å². The molecule has 2 aromatic carbocycles. The smallest absolute Gasteiger partial charge is 0.320 e. The van der Waals surface area contributed by atoms with Crippen LogP contribution in [-0.2, 0) is 16.1 Å². The predicted octanol–water partition coefficient (Wildman–Crippen LogP) is 6.05. The standard InChI is InChI=1S/C24H30ClNO3.ClH/c1-2-3-8-23(24(27)28)26-15-13-21(14-16-26)29-17-19-6-4-5-7-22(19)18-9-11-20(25)12-10-18;/h4-7,9-12,21,23H,2-3,8,13-17H2,1H3,(H,27,28);1H. The first-order chi connectivity index (χ1) is 14.1. The molecule has 0 aliphatic carbocycles. The van der Waals surface area contributed by atoms with Crippen molar-refractivity contribution >= 4 is 30.0 Å². The first kappa shape index (κ1) is 24.7. The third-order valence-electron chi connectivity index (χ3n) is 5.68. The van der Waals surface area contributed by atoms with E-state index in [0.717, 1.165) is 66.9 Å². The molecular weight excluding hydrogens is 421 g/mol. The van der Waals surface area contributed by atoms with Crippen LogP contribution in [0.3, 0.4) is 0 Å². The van der Waals surface area contributed by atoms with Gasteiger partial charge in [-0.05, 0) is 48.1 Å². The van der Waals surface area contributed by atoms with Crippen LogP contribution in [0.25, 0.3) is 11.1 Å². The summed E-state index contributed by atoms with van der Waals surface area (Å²) in [7, 11) is 0. The van der Waals surface area contributed by atoms with Gasteiger partial charge in [-0.25, -0.2) is 0 Å². The van der Waals surface area contributed by atoms with Crippen molar-refractivity contribution in [3.05, 3.63) is 59.1 Å². The van der Waals surface area contributed by atoms with E-state index in [4.69, 9.17) is 16.3 Å². The summed E-state index contributed by atoms with van der Waals surface area (Å²) in [5, 5.41) is 10.3. The highest BCUT2D eigenvalue weighted by molar-refractivity contribution is 6.30. The molecular formula is C24H31Cl2NO3. The van der Waals surface area contributed by atoms with Gasteiger partial charge in [0.15, 0.2) is 0 Å². The summed E-state index contributed by atoms with van der Waals surface area (Å²) < 4.78 is 6.22. The van der Waals surface area contributed by atoms with Crippen molar-refractivity contribution in [2.45, 2.75) is 57.8 Å². The van der Waals surface area contributed by atoms with Crippen LogP contribution in [-0.4, -0.2) is 41.2 Å². The molecule has 1 unspecified atom stereocenters. The van der Waals surface area contributed by atoms with Crippen molar-refractivity contribution in [2.24, 2.45) is 0 Å². The normalized spacial score (nSPS) is 16.1. The van der Waals surface area contributed by atoms with E-state index in [1.807, 2.05) is 36.4 Å². The number of ether oxygens (including phenoxy) is 1. The van der Waals surface area contributed by atoms with Gasteiger partial charge >= 0.3 is 5.97 Å². The average Bonchev–Trinajstić information content (AvgIpc) is 2.74. The highest BCUT2D eigenvalue weighted by atomic mass is 35.5. The van der Waals surface area contributed by atoms with Crippen LogP contribution in [0.4, 0.5) is 0 Å². The number of hydrogen-bond acceptors (Lipinski definition) is 3. The lowest BCUT2D eigenvalue weighted by atomic mass is 10.00. The number of halogens is 2. The lowest BCUT2D eigenvalue weighted by Crippen LogP contribution is -2.47. The van der Waals surface area contributed by atoms with Gasteiger partial charge in [-0.1, -0.05) is 67.8 Å². The summed E-state index contributed by atoms with van der Waals surface area (Å²) in [6, 6.07) is 15.8. The number of rotatable bonds is 9. The molecule has 4 nitrogen and oxygen atoms in total. The highest BCUT2D eigenvalue weighted by Gasteiger charge is 2.29. The van der Waals surface area contributed by atoms with Crippen molar-refractivity contribution in [2.75, 3.05) is 13.1 Å². The van der Waals surface area contributed by atoms with Gasteiger partial charge in [-0.2, -0.15) is 0 Å². The van der Waals surface area contributed by atoms with Crippen LogP contribution in [0.1, 0.15) is 44.6 Å². The number of carboxylic acids is 1. The molecule has 2 aromatic rings. The number of benzene rings is 2. The third-order valence-corrected chi connectivity index (χ3v) is 5.93. The molecule has 1 N–H and O–H groups in total. The quantitative estimate of drug-likeness (QED) is 0.503. The minimum absolute atomic E-state index is 0. The minimum Gasteiger partial charge on any atom is -0.480 e. The number of unbranched alkanes of at least 4 members (excludes halogenated alkanes) is 1. The molecule has 1 atom stereocenters. The zero-order valence-electron chi connectivity index (χ0n) is 17.4. The molecule has 1 fully saturated rings. The Morgan fingerprint density at radius 2 is 1.83 bits per heavy atom. The first-order valence-electron chi connectivity index (χ1n) is 10.5. The lowest BCUT2D eigenvalue weighted by Gasteiger charge is -2.35. The van der Waals surface area contributed by atoms with Crippen LogP contribution < -0.4 is 0 Å². The molecule has 1 aliphatic rings. The second-order valence-electron chi connectivity index (χ2n) is 7.71. The van der Waals surface area contributed by atoms with Gasteiger partial charge < -0.3 is 9.84 Å². The highest BCUT2D eigenvalue weighted by Crippen LogP contribution is 2.27. The molecule has 164 valence electrons. The fourth-order valence-electron chi connectivity index (χ4n) is 3.98. The van der Waals surface area contributed by atoms with Gasteiger partial charge in [0.25, 0.3) is 0 Å².